The first-order chi connectivity index (χ1) is 10.1. The molecule has 2 aliphatic heterocycles. The van der Waals surface area contributed by atoms with Crippen molar-refractivity contribution in [3.8, 4) is 0 Å². The number of allylic oxidation sites excluding steroid dienone is 2. The van der Waals surface area contributed by atoms with E-state index in [4.69, 9.17) is 0 Å². The van der Waals surface area contributed by atoms with Crippen molar-refractivity contribution in [2.45, 2.75) is 60.9 Å². The average molecular weight is 527 g/mol. The Kier molecular flexibility index (Phi) is 11.0. The summed E-state index contributed by atoms with van der Waals surface area (Å²) in [5, 5.41) is 8.99. The number of piperidine rings is 1. The summed E-state index contributed by atoms with van der Waals surface area (Å²) in [6.45, 7) is 6.38. The van der Waals surface area contributed by atoms with Gasteiger partial charge in [0.25, 0.3) is 0 Å². The molecule has 0 aliphatic carbocycles. The second kappa shape index (κ2) is 11.5. The predicted octanol–water partition coefficient (Wildman–Crippen LogP) is 6.78. The van der Waals surface area contributed by atoms with E-state index in [0.717, 1.165) is 13.1 Å². The number of nitrogens with zero attached hydrogens (tertiary/aromatic N) is 2. The van der Waals surface area contributed by atoms with Crippen molar-refractivity contribution < 1.29 is 0 Å². The molecular formula is C16H28Br2N2Sn-2. The molecule has 0 saturated carbocycles. The Morgan fingerprint density at radius 2 is 1.90 bits per heavy atom. The van der Waals surface area contributed by atoms with E-state index in [2.05, 4.69) is 68.1 Å². The van der Waals surface area contributed by atoms with Crippen LogP contribution < -0.4 is 0 Å². The molecule has 0 N–H and O–H groups in total. The van der Waals surface area contributed by atoms with Gasteiger partial charge in [-0.1, -0.05) is 31.4 Å². The molecule has 5 heteroatoms. The van der Waals surface area contributed by atoms with E-state index in [1.807, 2.05) is 0 Å². The van der Waals surface area contributed by atoms with E-state index in [1.165, 1.54) is 46.7 Å². The molecule has 0 bridgehead atoms. The van der Waals surface area contributed by atoms with E-state index in [1.54, 1.807) is 0 Å². The maximum atomic E-state index is 4.56. The van der Waals surface area contributed by atoms with Crippen molar-refractivity contribution in [3.63, 3.8) is 0 Å². The number of halogens is 2. The van der Waals surface area contributed by atoms with Crippen LogP contribution in [0.4, 0.5) is 0 Å². The first-order valence-electron chi connectivity index (χ1n) is 8.17. The van der Waals surface area contributed by atoms with E-state index in [-0.39, 0.29) is 0 Å². The minimum atomic E-state index is -1.75. The fourth-order valence-electron chi connectivity index (χ4n) is 2.54. The van der Waals surface area contributed by atoms with Crippen molar-refractivity contribution >= 4 is 39.3 Å². The number of rotatable bonds is 5. The molecule has 0 aromatic carbocycles. The van der Waals surface area contributed by atoms with Gasteiger partial charge in [0.2, 0.25) is 0 Å². The van der Waals surface area contributed by atoms with Gasteiger partial charge < -0.3 is 10.6 Å². The summed E-state index contributed by atoms with van der Waals surface area (Å²) in [5.41, 5.74) is 1.19. The molecule has 1 unspecified atom stereocenters. The van der Waals surface area contributed by atoms with Gasteiger partial charge in [-0.15, -0.1) is 25.2 Å². The predicted molar refractivity (Wildman–Crippen MR) is 105 cm³/mol. The third kappa shape index (κ3) is 9.01. The van der Waals surface area contributed by atoms with Gasteiger partial charge in [-0.25, -0.2) is 0 Å². The Labute approximate surface area is 147 Å². The summed E-state index contributed by atoms with van der Waals surface area (Å²) in [5.74, 6) is 0. The van der Waals surface area contributed by atoms with Gasteiger partial charge in [-0.3, -0.25) is 0 Å². The SMILES string of the molecule is C1=CC[N-]C(C2CCCC[N-]2)=C1.CC[CH2][Sn]([Br])([Br])[CH2]CC. The monoisotopic (exact) mass is 526 g/mol. The van der Waals surface area contributed by atoms with Gasteiger partial charge in [0.1, 0.15) is 0 Å². The molecule has 1 atom stereocenters. The van der Waals surface area contributed by atoms with Gasteiger partial charge in [-0.2, -0.15) is 5.70 Å². The molecule has 2 aliphatic rings. The molecular weight excluding hydrogens is 499 g/mol. The molecule has 1 saturated heterocycles. The van der Waals surface area contributed by atoms with Crippen molar-refractivity contribution in [2.75, 3.05) is 13.1 Å². The summed E-state index contributed by atoms with van der Waals surface area (Å²) in [7, 11) is 0. The zero-order valence-corrected chi connectivity index (χ0v) is 19.3. The molecule has 2 rings (SSSR count). The normalized spacial score (nSPS) is 21.9. The fourth-order valence-corrected chi connectivity index (χ4v) is 18.1. The van der Waals surface area contributed by atoms with E-state index in [0.29, 0.717) is 6.04 Å². The first-order valence-corrected chi connectivity index (χ1v) is 25.0. The van der Waals surface area contributed by atoms with Crippen molar-refractivity contribution in [3.05, 3.63) is 34.6 Å². The summed E-state index contributed by atoms with van der Waals surface area (Å²) >= 11 is 5.91. The topological polar surface area (TPSA) is 28.2 Å². The van der Waals surface area contributed by atoms with E-state index in [9.17, 15) is 0 Å². The van der Waals surface area contributed by atoms with Crippen molar-refractivity contribution in [2.24, 2.45) is 0 Å². The van der Waals surface area contributed by atoms with Crippen LogP contribution in [0.1, 0.15) is 46.0 Å². The average Bonchev–Trinajstić information content (AvgIpc) is 2.49. The third-order valence-corrected chi connectivity index (χ3v) is 21.3. The summed E-state index contributed by atoms with van der Waals surface area (Å²) < 4.78 is 2.84. The Bertz CT molecular complexity index is 329. The molecule has 2 nitrogen and oxygen atoms in total. The summed E-state index contributed by atoms with van der Waals surface area (Å²) in [6.07, 6.45) is 12.7. The zero-order valence-electron chi connectivity index (χ0n) is 13.3. The Balaban J connectivity index is 0.000000222. The van der Waals surface area contributed by atoms with Crippen LogP contribution in [0.15, 0.2) is 23.9 Å². The van der Waals surface area contributed by atoms with Gasteiger partial charge in [0.05, 0.1) is 0 Å². The van der Waals surface area contributed by atoms with Crippen LogP contribution in [-0.2, 0) is 0 Å². The van der Waals surface area contributed by atoms with Crippen LogP contribution in [0.2, 0.25) is 8.87 Å². The van der Waals surface area contributed by atoms with Gasteiger partial charge >= 0.3 is 74.9 Å². The van der Waals surface area contributed by atoms with Crippen LogP contribution in [0.25, 0.3) is 10.6 Å². The van der Waals surface area contributed by atoms with Gasteiger partial charge in [0.15, 0.2) is 0 Å². The van der Waals surface area contributed by atoms with Crippen LogP contribution in [-0.4, -0.2) is 33.1 Å². The van der Waals surface area contributed by atoms with E-state index < -0.39 is 13.9 Å². The minimum absolute atomic E-state index is 0.406. The van der Waals surface area contributed by atoms with Crippen LogP contribution >= 0.6 is 25.4 Å². The number of hydrogen-bond acceptors (Lipinski definition) is 0. The van der Waals surface area contributed by atoms with Gasteiger partial charge in [0, 0.05) is 0 Å². The number of hydrogen-bond donors (Lipinski definition) is 0. The Morgan fingerprint density at radius 3 is 2.38 bits per heavy atom. The molecule has 1 fully saturated rings. The molecule has 21 heavy (non-hydrogen) atoms. The van der Waals surface area contributed by atoms with Crippen LogP contribution in [0, 0.1) is 0 Å². The van der Waals surface area contributed by atoms with Crippen molar-refractivity contribution in [1.29, 1.82) is 0 Å². The molecule has 0 spiro atoms. The Morgan fingerprint density at radius 1 is 1.19 bits per heavy atom. The fraction of sp³-hybridized carbons (Fsp3) is 0.750. The molecule has 2 heterocycles. The van der Waals surface area contributed by atoms with Crippen molar-refractivity contribution in [1.82, 2.24) is 0 Å². The van der Waals surface area contributed by atoms with Crippen LogP contribution in [0.3, 0.4) is 0 Å². The van der Waals surface area contributed by atoms with Gasteiger partial charge in [-0.05, 0) is 0 Å². The Hall–Kier alpha value is 0.999. The second-order valence-electron chi connectivity index (χ2n) is 5.63. The third-order valence-electron chi connectivity index (χ3n) is 3.59. The van der Waals surface area contributed by atoms with Crippen LogP contribution in [0.5, 0.6) is 0 Å². The maximum absolute atomic E-state index is 4.56. The molecule has 0 aromatic heterocycles. The molecule has 122 valence electrons. The molecule has 0 amide bonds. The summed E-state index contributed by atoms with van der Waals surface area (Å²) in [6, 6.07) is 0.406. The molecule has 0 radical (unpaired) electrons. The standard InChI is InChI=1S/C10H14N2.2C3H7.2BrH.Sn/c1-3-7-11-9(5-1)10-6-2-4-8-12-10;2*1-3-2;;;/h1,3,5,10H,2,4,6-8H2;2*1,3H2,2H3;2*1H;/q-2;;;;;+2/p-2. The summed E-state index contributed by atoms with van der Waals surface area (Å²) in [4.78, 5) is 0. The zero-order chi connectivity index (χ0) is 15.6. The second-order valence-corrected chi connectivity index (χ2v) is 40.9. The first kappa shape index (κ1) is 20.0. The van der Waals surface area contributed by atoms with E-state index >= 15 is 0 Å². The quantitative estimate of drug-likeness (QED) is 0.353. The molecule has 0 aromatic rings.